The number of fused-ring (bicyclic) bond motifs is 1. The zero-order chi connectivity index (χ0) is 25.1. The van der Waals surface area contributed by atoms with E-state index in [0.29, 0.717) is 46.2 Å². The average molecular weight is 575 g/mol. The fourth-order valence-electron chi connectivity index (χ4n) is 4.02. The smallest absolute Gasteiger partial charge is 0.259 e. The number of amides is 1. The Kier molecular flexibility index (Phi) is 8.10. The predicted octanol–water partition coefficient (Wildman–Crippen LogP) is 8.28. The molecular formula is C28H26BrCl2NO3. The van der Waals surface area contributed by atoms with Crippen molar-refractivity contribution in [2.24, 2.45) is 5.92 Å². The lowest BCUT2D eigenvalue weighted by molar-refractivity contribution is -0.113. The lowest BCUT2D eigenvalue weighted by Gasteiger charge is -2.19. The zero-order valence-corrected chi connectivity index (χ0v) is 22.9. The molecule has 1 aliphatic rings. The first-order valence-corrected chi connectivity index (χ1v) is 13.0. The van der Waals surface area contributed by atoms with Gasteiger partial charge in [-0.3, -0.25) is 4.79 Å². The summed E-state index contributed by atoms with van der Waals surface area (Å²) in [6.45, 7) is 7.53. The highest BCUT2D eigenvalue weighted by Crippen LogP contribution is 2.41. The van der Waals surface area contributed by atoms with E-state index in [-0.39, 0.29) is 12.5 Å². The van der Waals surface area contributed by atoms with Crippen molar-refractivity contribution < 1.29 is 14.3 Å². The molecule has 0 aliphatic carbocycles. The number of nitrogens with zero attached hydrogens (tertiary/aromatic N) is 1. The minimum atomic E-state index is 0.00619. The molecule has 0 bridgehead atoms. The molecule has 0 saturated carbocycles. The van der Waals surface area contributed by atoms with Gasteiger partial charge in [0.05, 0.1) is 16.8 Å². The maximum absolute atomic E-state index is 13.3. The van der Waals surface area contributed by atoms with E-state index in [1.165, 1.54) is 0 Å². The Hall–Kier alpha value is -2.47. The van der Waals surface area contributed by atoms with Crippen molar-refractivity contribution in [2.75, 3.05) is 18.1 Å². The molecule has 0 atom stereocenters. The van der Waals surface area contributed by atoms with Crippen LogP contribution in [0.1, 0.15) is 37.5 Å². The topological polar surface area (TPSA) is 38.8 Å². The van der Waals surface area contributed by atoms with E-state index in [1.807, 2.05) is 60.4 Å². The normalized spacial score (nSPS) is 14.1. The quantitative estimate of drug-likeness (QED) is 0.254. The molecule has 0 fully saturated rings. The summed E-state index contributed by atoms with van der Waals surface area (Å²) in [7, 11) is 0. The van der Waals surface area contributed by atoms with Gasteiger partial charge >= 0.3 is 0 Å². The van der Waals surface area contributed by atoms with E-state index in [4.69, 9.17) is 32.7 Å². The minimum absolute atomic E-state index is 0.00619. The van der Waals surface area contributed by atoms with Crippen LogP contribution in [0.4, 0.5) is 5.69 Å². The van der Waals surface area contributed by atoms with E-state index in [1.54, 1.807) is 12.1 Å². The van der Waals surface area contributed by atoms with Gasteiger partial charge in [-0.2, -0.15) is 0 Å². The Morgan fingerprint density at radius 2 is 1.83 bits per heavy atom. The van der Waals surface area contributed by atoms with Gasteiger partial charge in [-0.15, -0.1) is 0 Å². The van der Waals surface area contributed by atoms with Gasteiger partial charge in [0.15, 0.2) is 11.5 Å². The van der Waals surface area contributed by atoms with E-state index in [9.17, 15) is 4.79 Å². The summed E-state index contributed by atoms with van der Waals surface area (Å²) in [4.78, 5) is 15.2. The van der Waals surface area contributed by atoms with E-state index in [0.717, 1.165) is 26.9 Å². The molecule has 1 aliphatic heterocycles. The Morgan fingerprint density at radius 1 is 1.06 bits per heavy atom. The van der Waals surface area contributed by atoms with Crippen LogP contribution < -0.4 is 14.4 Å². The van der Waals surface area contributed by atoms with Crippen LogP contribution >= 0.6 is 39.1 Å². The summed E-state index contributed by atoms with van der Waals surface area (Å²) in [5.74, 6) is 1.51. The summed E-state index contributed by atoms with van der Waals surface area (Å²) < 4.78 is 12.7. The number of carbonyl (C=O) groups is 1. The van der Waals surface area contributed by atoms with Gasteiger partial charge in [0.25, 0.3) is 5.91 Å². The minimum Gasteiger partial charge on any atom is -0.490 e. The number of benzene rings is 3. The summed E-state index contributed by atoms with van der Waals surface area (Å²) in [5, 5.41) is 1.11. The van der Waals surface area contributed by atoms with Gasteiger partial charge in [0.2, 0.25) is 0 Å². The first-order valence-electron chi connectivity index (χ1n) is 11.4. The van der Waals surface area contributed by atoms with Gasteiger partial charge in [0.1, 0.15) is 6.61 Å². The molecular weight excluding hydrogens is 549 g/mol. The van der Waals surface area contributed by atoms with Crippen molar-refractivity contribution in [2.45, 2.75) is 27.4 Å². The average Bonchev–Trinajstić information content (AvgIpc) is 3.05. The second-order valence-electron chi connectivity index (χ2n) is 8.67. The van der Waals surface area contributed by atoms with E-state index in [2.05, 4.69) is 29.8 Å². The maximum Gasteiger partial charge on any atom is 0.259 e. The number of ether oxygens (including phenoxy) is 2. The van der Waals surface area contributed by atoms with Crippen LogP contribution in [0.15, 0.2) is 59.1 Å². The zero-order valence-electron chi connectivity index (χ0n) is 19.8. The molecule has 35 heavy (non-hydrogen) atoms. The van der Waals surface area contributed by atoms with Crippen LogP contribution in [-0.2, 0) is 11.4 Å². The molecule has 0 radical (unpaired) electrons. The number of carbonyl (C=O) groups excluding carboxylic acids is 1. The van der Waals surface area contributed by atoms with Gasteiger partial charge in [0, 0.05) is 33.3 Å². The second kappa shape index (κ2) is 11.1. The van der Waals surface area contributed by atoms with Gasteiger partial charge in [-0.05, 0) is 70.7 Å². The first-order chi connectivity index (χ1) is 16.8. The largest absolute Gasteiger partial charge is 0.490 e. The highest BCUT2D eigenvalue weighted by atomic mass is 79.9. The number of para-hydroxylation sites is 1. The fraction of sp³-hybridized carbons (Fsp3) is 0.250. The number of halogens is 3. The molecule has 0 saturated heterocycles. The van der Waals surface area contributed by atoms with Crippen LogP contribution in [0, 0.1) is 5.92 Å². The van der Waals surface area contributed by atoms with Crippen molar-refractivity contribution in [3.63, 3.8) is 0 Å². The molecule has 4 rings (SSSR count). The van der Waals surface area contributed by atoms with Crippen LogP contribution in [-0.4, -0.2) is 19.1 Å². The molecule has 182 valence electrons. The van der Waals surface area contributed by atoms with Gasteiger partial charge in [-0.1, -0.05) is 61.3 Å². The summed E-state index contributed by atoms with van der Waals surface area (Å²) in [6.07, 6.45) is 1.91. The third-order valence-electron chi connectivity index (χ3n) is 5.54. The van der Waals surface area contributed by atoms with E-state index < -0.39 is 0 Å². The maximum atomic E-state index is 13.3. The summed E-state index contributed by atoms with van der Waals surface area (Å²) >= 11 is 15.9. The molecule has 0 unspecified atom stereocenters. The predicted molar refractivity (Wildman–Crippen MR) is 148 cm³/mol. The van der Waals surface area contributed by atoms with Crippen molar-refractivity contribution >= 4 is 62.4 Å². The standard InChI is InChI=1S/C28H26BrCl2NO3/c1-4-34-26-13-18(12-23(29)27(26)35-16-19-9-10-20(30)14-24(19)31)11-22-21-7-5-6-8-25(21)32(28(22)33)15-17(2)3/h5-14,17H,4,15-16H2,1-3H3/b22-11-. The third-order valence-corrected chi connectivity index (χ3v) is 6.71. The number of hydrogen-bond acceptors (Lipinski definition) is 3. The number of anilines is 1. The molecule has 4 nitrogen and oxygen atoms in total. The van der Waals surface area contributed by atoms with E-state index >= 15 is 0 Å². The lowest BCUT2D eigenvalue weighted by Crippen LogP contribution is -2.30. The lowest BCUT2D eigenvalue weighted by atomic mass is 10.0. The number of hydrogen-bond donors (Lipinski definition) is 0. The molecule has 7 heteroatoms. The molecule has 0 aromatic heterocycles. The second-order valence-corrected chi connectivity index (χ2v) is 10.4. The van der Waals surface area contributed by atoms with Crippen molar-refractivity contribution in [3.8, 4) is 11.5 Å². The van der Waals surface area contributed by atoms with Crippen LogP contribution in [0.5, 0.6) is 11.5 Å². The molecule has 3 aromatic carbocycles. The Labute approximate surface area is 224 Å². The van der Waals surface area contributed by atoms with Gasteiger partial charge in [-0.25, -0.2) is 0 Å². The number of rotatable bonds is 8. The first kappa shape index (κ1) is 25.6. The van der Waals surface area contributed by atoms with Crippen LogP contribution in [0.25, 0.3) is 11.6 Å². The molecule has 1 heterocycles. The molecule has 0 N–H and O–H groups in total. The summed E-state index contributed by atoms with van der Waals surface area (Å²) in [5.41, 5.74) is 4.19. The highest BCUT2D eigenvalue weighted by molar-refractivity contribution is 9.10. The van der Waals surface area contributed by atoms with Crippen molar-refractivity contribution in [3.05, 3.63) is 85.8 Å². The SMILES string of the molecule is CCOc1cc(/C=C2\C(=O)N(CC(C)C)c3ccccc32)cc(Br)c1OCc1ccc(Cl)cc1Cl. The third kappa shape index (κ3) is 5.69. The van der Waals surface area contributed by atoms with Crippen molar-refractivity contribution in [1.82, 2.24) is 0 Å². The fourth-order valence-corrected chi connectivity index (χ4v) is 5.06. The molecule has 3 aromatic rings. The Morgan fingerprint density at radius 3 is 2.54 bits per heavy atom. The van der Waals surface area contributed by atoms with Crippen LogP contribution in [0.3, 0.4) is 0 Å². The van der Waals surface area contributed by atoms with Crippen molar-refractivity contribution in [1.29, 1.82) is 0 Å². The Bertz CT molecular complexity index is 1290. The Balaban J connectivity index is 1.68. The molecule has 1 amide bonds. The van der Waals surface area contributed by atoms with Gasteiger partial charge < -0.3 is 14.4 Å². The monoisotopic (exact) mass is 573 g/mol. The van der Waals surface area contributed by atoms with Crippen LogP contribution in [0.2, 0.25) is 10.0 Å². The highest BCUT2D eigenvalue weighted by Gasteiger charge is 2.32. The molecule has 0 spiro atoms. The summed E-state index contributed by atoms with van der Waals surface area (Å²) in [6, 6.07) is 17.0.